The van der Waals surface area contributed by atoms with Gasteiger partial charge in [-0.15, -0.1) is 0 Å². The number of methoxy groups -OCH3 is 1. The lowest BCUT2D eigenvalue weighted by Crippen LogP contribution is -2.50. The number of pyridine rings is 1. The average Bonchev–Trinajstić information content (AvgIpc) is 3.32. The molecule has 2 aliphatic heterocycles. The molecule has 1 fully saturated rings. The van der Waals surface area contributed by atoms with Gasteiger partial charge in [0.25, 0.3) is 0 Å². The van der Waals surface area contributed by atoms with Crippen LogP contribution in [-0.4, -0.2) is 48.4 Å². The maximum atomic E-state index is 13.5. The predicted octanol–water partition coefficient (Wildman–Crippen LogP) is 3.96. The van der Waals surface area contributed by atoms with Crippen LogP contribution in [-0.2, 0) is 11.3 Å². The lowest BCUT2D eigenvalue weighted by molar-refractivity contribution is -0.125. The van der Waals surface area contributed by atoms with Crippen molar-refractivity contribution >= 4 is 28.9 Å². The van der Waals surface area contributed by atoms with E-state index in [9.17, 15) is 4.79 Å². The highest BCUT2D eigenvalue weighted by Gasteiger charge is 2.42. The van der Waals surface area contributed by atoms with Gasteiger partial charge in [-0.25, -0.2) is 0 Å². The lowest BCUT2D eigenvalue weighted by Gasteiger charge is -2.36. The number of hydrogen-bond donors (Lipinski definition) is 1. The molecule has 0 bridgehead atoms. The van der Waals surface area contributed by atoms with Gasteiger partial charge in [0.15, 0.2) is 0 Å². The SMILES string of the molecule is COc1ccc(CNC(=O)C2(C)C=C(c3cccnc3)CN=C2N2CCCC2)cc1Cl. The molecule has 1 aromatic heterocycles. The Morgan fingerprint density at radius 1 is 1.29 bits per heavy atom. The number of dihydropyridines is 1. The molecular formula is C24H27ClN4O2. The van der Waals surface area contributed by atoms with Crippen molar-refractivity contribution in [2.24, 2.45) is 10.4 Å². The molecule has 7 heteroatoms. The number of likely N-dealkylation sites (tertiary alicyclic amines) is 1. The molecule has 1 amide bonds. The first-order valence-corrected chi connectivity index (χ1v) is 10.9. The van der Waals surface area contributed by atoms with E-state index in [1.807, 2.05) is 43.5 Å². The molecule has 0 saturated carbocycles. The number of carbonyl (C=O) groups excluding carboxylic acids is 1. The molecule has 162 valence electrons. The number of ether oxygens (including phenoxy) is 1. The highest BCUT2D eigenvalue weighted by molar-refractivity contribution is 6.32. The molecule has 2 aliphatic rings. The molecule has 31 heavy (non-hydrogen) atoms. The first-order valence-electron chi connectivity index (χ1n) is 10.5. The minimum Gasteiger partial charge on any atom is -0.495 e. The summed E-state index contributed by atoms with van der Waals surface area (Å²) in [7, 11) is 1.58. The zero-order valence-electron chi connectivity index (χ0n) is 17.9. The summed E-state index contributed by atoms with van der Waals surface area (Å²) in [5.41, 5.74) is 2.06. The fraction of sp³-hybridized carbons (Fsp3) is 0.375. The van der Waals surface area contributed by atoms with Gasteiger partial charge >= 0.3 is 0 Å². The Morgan fingerprint density at radius 3 is 2.77 bits per heavy atom. The van der Waals surface area contributed by atoms with Crippen molar-refractivity contribution in [3.8, 4) is 5.75 Å². The van der Waals surface area contributed by atoms with E-state index in [2.05, 4.69) is 21.3 Å². The molecule has 0 radical (unpaired) electrons. The van der Waals surface area contributed by atoms with Crippen molar-refractivity contribution in [2.45, 2.75) is 26.3 Å². The largest absolute Gasteiger partial charge is 0.495 e. The molecule has 1 aromatic carbocycles. The fourth-order valence-corrected chi connectivity index (χ4v) is 4.50. The third-order valence-electron chi connectivity index (χ3n) is 5.91. The fourth-order valence-electron chi connectivity index (χ4n) is 4.22. The summed E-state index contributed by atoms with van der Waals surface area (Å²) in [5, 5.41) is 3.62. The Bertz CT molecular complexity index is 1020. The molecule has 4 rings (SSSR count). The van der Waals surface area contributed by atoms with E-state index in [4.69, 9.17) is 21.3 Å². The number of halogens is 1. The maximum absolute atomic E-state index is 13.5. The molecule has 1 saturated heterocycles. The molecular weight excluding hydrogens is 412 g/mol. The van der Waals surface area contributed by atoms with Gasteiger partial charge in [-0.3, -0.25) is 14.8 Å². The second-order valence-electron chi connectivity index (χ2n) is 8.10. The van der Waals surface area contributed by atoms with Gasteiger partial charge in [0.1, 0.15) is 17.0 Å². The number of amidine groups is 1. The number of nitrogens with one attached hydrogen (secondary N) is 1. The van der Waals surface area contributed by atoms with E-state index < -0.39 is 5.41 Å². The van der Waals surface area contributed by atoms with Crippen LogP contribution in [0.2, 0.25) is 5.02 Å². The summed E-state index contributed by atoms with van der Waals surface area (Å²) in [6.45, 7) is 4.75. The van der Waals surface area contributed by atoms with Gasteiger partial charge in [0, 0.05) is 32.0 Å². The second kappa shape index (κ2) is 9.10. The zero-order valence-corrected chi connectivity index (χ0v) is 18.7. The van der Waals surface area contributed by atoms with Crippen molar-refractivity contribution in [3.05, 3.63) is 65.0 Å². The Morgan fingerprint density at radius 2 is 2.10 bits per heavy atom. The van der Waals surface area contributed by atoms with Crippen molar-refractivity contribution in [1.29, 1.82) is 0 Å². The highest BCUT2D eigenvalue weighted by atomic mass is 35.5. The van der Waals surface area contributed by atoms with Gasteiger partial charge in [-0.1, -0.05) is 29.8 Å². The number of rotatable bonds is 5. The van der Waals surface area contributed by atoms with Crippen LogP contribution in [0.15, 0.2) is 53.8 Å². The molecule has 1 atom stereocenters. The zero-order chi connectivity index (χ0) is 21.8. The molecule has 0 spiro atoms. The summed E-state index contributed by atoms with van der Waals surface area (Å²) >= 11 is 6.24. The van der Waals surface area contributed by atoms with E-state index in [1.54, 1.807) is 13.3 Å². The third-order valence-corrected chi connectivity index (χ3v) is 6.20. The summed E-state index contributed by atoms with van der Waals surface area (Å²) in [6, 6.07) is 9.44. The van der Waals surface area contributed by atoms with Crippen molar-refractivity contribution in [3.63, 3.8) is 0 Å². The number of aliphatic imine (C=N–C) groups is 1. The monoisotopic (exact) mass is 438 g/mol. The second-order valence-corrected chi connectivity index (χ2v) is 8.51. The number of hydrogen-bond acceptors (Lipinski definition) is 5. The summed E-state index contributed by atoms with van der Waals surface area (Å²) in [4.78, 5) is 24.9. The van der Waals surface area contributed by atoms with Gasteiger partial charge < -0.3 is 15.0 Å². The number of amides is 1. The Kier molecular flexibility index (Phi) is 6.28. The van der Waals surface area contributed by atoms with Gasteiger partial charge in [0.05, 0.1) is 18.7 Å². The van der Waals surface area contributed by atoms with E-state index in [0.717, 1.165) is 48.5 Å². The first kappa shape index (κ1) is 21.4. The Labute approximate surface area is 188 Å². The van der Waals surface area contributed by atoms with Crippen LogP contribution in [0, 0.1) is 5.41 Å². The number of aromatic nitrogens is 1. The summed E-state index contributed by atoms with van der Waals surface area (Å²) in [6.07, 6.45) is 7.87. The molecule has 1 unspecified atom stereocenters. The molecule has 1 N–H and O–H groups in total. The van der Waals surface area contributed by atoms with E-state index >= 15 is 0 Å². The summed E-state index contributed by atoms with van der Waals surface area (Å²) < 4.78 is 5.21. The van der Waals surface area contributed by atoms with Crippen molar-refractivity contribution in [2.75, 3.05) is 26.7 Å². The van der Waals surface area contributed by atoms with Crippen LogP contribution in [0.4, 0.5) is 0 Å². The van der Waals surface area contributed by atoms with Crippen LogP contribution >= 0.6 is 11.6 Å². The molecule has 2 aromatic rings. The van der Waals surface area contributed by atoms with Crippen molar-refractivity contribution < 1.29 is 9.53 Å². The van der Waals surface area contributed by atoms with Crippen LogP contribution < -0.4 is 10.1 Å². The van der Waals surface area contributed by atoms with Crippen molar-refractivity contribution in [1.82, 2.24) is 15.2 Å². The van der Waals surface area contributed by atoms with Crippen LogP contribution in [0.3, 0.4) is 0 Å². The maximum Gasteiger partial charge on any atom is 0.237 e. The standard InChI is InChI=1S/C24H27ClN4O2/c1-24(23(30)28-14-17-7-8-21(31-2)20(25)12-17)13-19(18-6-5-9-26-15-18)16-27-22(24)29-10-3-4-11-29/h5-9,12-13,15H,3-4,10-11,14,16H2,1-2H3,(H,28,30). The smallest absolute Gasteiger partial charge is 0.237 e. The minimum atomic E-state index is -0.857. The Hall–Kier alpha value is -2.86. The lowest BCUT2D eigenvalue weighted by atomic mass is 9.81. The summed E-state index contributed by atoms with van der Waals surface area (Å²) in [5.74, 6) is 1.39. The van der Waals surface area contributed by atoms with Gasteiger partial charge in [0.2, 0.25) is 5.91 Å². The number of benzene rings is 1. The topological polar surface area (TPSA) is 66.8 Å². The third kappa shape index (κ3) is 4.44. The van der Waals surface area contributed by atoms with Gasteiger partial charge in [-0.2, -0.15) is 0 Å². The normalized spacial score (nSPS) is 20.8. The van der Waals surface area contributed by atoms with E-state index in [-0.39, 0.29) is 5.91 Å². The van der Waals surface area contributed by atoms with Crippen LogP contribution in [0.1, 0.15) is 30.9 Å². The highest BCUT2D eigenvalue weighted by Crippen LogP contribution is 2.34. The molecule has 3 heterocycles. The minimum absolute atomic E-state index is 0.0776. The molecule has 6 nitrogen and oxygen atoms in total. The molecule has 0 aliphatic carbocycles. The quantitative estimate of drug-likeness (QED) is 0.767. The van der Waals surface area contributed by atoms with E-state index in [0.29, 0.717) is 23.9 Å². The van der Waals surface area contributed by atoms with Crippen LogP contribution in [0.25, 0.3) is 5.57 Å². The Balaban J connectivity index is 1.59. The number of carbonyl (C=O) groups is 1. The average molecular weight is 439 g/mol. The number of nitrogens with zero attached hydrogens (tertiary/aromatic N) is 3. The first-order chi connectivity index (χ1) is 15.0. The van der Waals surface area contributed by atoms with Crippen LogP contribution in [0.5, 0.6) is 5.75 Å². The predicted molar refractivity (Wildman–Crippen MR) is 123 cm³/mol. The van der Waals surface area contributed by atoms with E-state index in [1.165, 1.54) is 0 Å². The van der Waals surface area contributed by atoms with Gasteiger partial charge in [-0.05, 0) is 54.7 Å².